The molecule has 0 aromatic heterocycles. The van der Waals surface area contributed by atoms with Gasteiger partial charge in [0.25, 0.3) is 0 Å². The molecule has 2 saturated heterocycles. The monoisotopic (exact) mass is 569 g/mol. The van der Waals surface area contributed by atoms with Crippen molar-refractivity contribution in [2.45, 2.75) is 44.9 Å². The van der Waals surface area contributed by atoms with E-state index in [1.807, 2.05) is 37.2 Å². The first-order valence-corrected chi connectivity index (χ1v) is 14.8. The number of nitrogens with zero attached hydrogens (tertiary/aromatic N) is 3. The fourth-order valence-electron chi connectivity index (χ4n) is 5.39. The standard InChI is InChI=1S/C35H43N3O4/c1-26(11-12-27(2)36(3)4)31-10-8-9-30(37-20-6-5-7-21-37)19-24-42-33-25-29(13-14-32(31)33)28-17-22-38(23-18-28)34(39)15-16-35(40)41/h8-14,19,24-25H,1-2,5-7,15-18,20-23H2,3-4H3,(H,40,41)/b10-8+,12-11-,24-19+,30-9+,32-31+. The van der Waals surface area contributed by atoms with Gasteiger partial charge in [0.1, 0.15) is 5.75 Å². The molecule has 0 aliphatic carbocycles. The second kappa shape index (κ2) is 14.6. The van der Waals surface area contributed by atoms with Crippen molar-refractivity contribution in [3.8, 4) is 5.75 Å². The van der Waals surface area contributed by atoms with Crippen LogP contribution in [-0.4, -0.2) is 72.0 Å². The first kappa shape index (κ1) is 30.7. The number of hydrogen-bond acceptors (Lipinski definition) is 5. The van der Waals surface area contributed by atoms with Gasteiger partial charge in [-0.25, -0.2) is 0 Å². The predicted molar refractivity (Wildman–Crippen MR) is 169 cm³/mol. The third kappa shape index (κ3) is 8.15. The Hall–Kier alpha value is -4.26. The second-order valence-corrected chi connectivity index (χ2v) is 11.2. The molecular formula is C35H43N3O4. The lowest BCUT2D eigenvalue weighted by molar-refractivity contribution is -0.141. The van der Waals surface area contributed by atoms with Crippen molar-refractivity contribution in [1.82, 2.24) is 14.7 Å². The molecule has 0 saturated carbocycles. The molecule has 0 bridgehead atoms. The van der Waals surface area contributed by atoms with Crippen LogP contribution in [0, 0.1) is 0 Å². The Morgan fingerprint density at radius 3 is 2.43 bits per heavy atom. The summed E-state index contributed by atoms with van der Waals surface area (Å²) in [5.74, 6) is -0.293. The molecule has 0 spiro atoms. The highest BCUT2D eigenvalue weighted by molar-refractivity contribution is 5.81. The van der Waals surface area contributed by atoms with E-state index in [4.69, 9.17) is 9.84 Å². The minimum absolute atomic E-state index is 0.0455. The quantitative estimate of drug-likeness (QED) is 0.465. The van der Waals surface area contributed by atoms with Gasteiger partial charge in [0.15, 0.2) is 0 Å². The Labute approximate surface area is 249 Å². The van der Waals surface area contributed by atoms with Crippen LogP contribution in [0.5, 0.6) is 5.75 Å². The van der Waals surface area contributed by atoms with Crippen LogP contribution < -0.4 is 15.2 Å². The van der Waals surface area contributed by atoms with Gasteiger partial charge in [0, 0.05) is 63.3 Å². The SMILES string of the molecule is C=C(/C=C\C(=C)N(C)C)C1=c2\ccc(=C3CCN(C(=O)CCC(=O)O)CC3)cc2O/C=C/C(N2CCCCC2)=C\C=C\1. The lowest BCUT2D eigenvalue weighted by Gasteiger charge is -2.29. The van der Waals surface area contributed by atoms with Crippen LogP contribution in [0.1, 0.15) is 44.9 Å². The maximum absolute atomic E-state index is 12.4. The molecular weight excluding hydrogens is 526 g/mol. The van der Waals surface area contributed by atoms with Crippen LogP contribution >= 0.6 is 0 Å². The van der Waals surface area contributed by atoms with Crippen LogP contribution in [0.15, 0.2) is 91.0 Å². The molecule has 3 heterocycles. The molecule has 0 unspecified atom stereocenters. The number of fused-ring (bicyclic) bond motifs is 1. The lowest BCUT2D eigenvalue weighted by Crippen LogP contribution is -2.37. The number of carbonyl (C=O) groups is 2. The number of piperidine rings is 2. The zero-order valence-corrected chi connectivity index (χ0v) is 25.0. The van der Waals surface area contributed by atoms with Crippen molar-refractivity contribution >= 4 is 23.0 Å². The molecule has 1 amide bonds. The average molecular weight is 570 g/mol. The Morgan fingerprint density at radius 1 is 1.00 bits per heavy atom. The van der Waals surface area contributed by atoms with Crippen LogP contribution in [0.2, 0.25) is 0 Å². The van der Waals surface area contributed by atoms with E-state index in [-0.39, 0.29) is 18.7 Å². The van der Waals surface area contributed by atoms with Gasteiger partial charge in [-0.2, -0.15) is 0 Å². The van der Waals surface area contributed by atoms with E-state index >= 15 is 0 Å². The minimum Gasteiger partial charge on any atom is -0.481 e. The summed E-state index contributed by atoms with van der Waals surface area (Å²) >= 11 is 0. The number of rotatable bonds is 8. The summed E-state index contributed by atoms with van der Waals surface area (Å²) in [6.07, 6.45) is 19.2. The van der Waals surface area contributed by atoms with Crippen LogP contribution in [0.25, 0.3) is 11.1 Å². The summed E-state index contributed by atoms with van der Waals surface area (Å²) in [7, 11) is 3.92. The highest BCUT2D eigenvalue weighted by Gasteiger charge is 2.20. The van der Waals surface area contributed by atoms with Gasteiger partial charge in [-0.15, -0.1) is 0 Å². The van der Waals surface area contributed by atoms with Gasteiger partial charge < -0.3 is 24.5 Å². The van der Waals surface area contributed by atoms with Gasteiger partial charge >= 0.3 is 5.97 Å². The van der Waals surface area contributed by atoms with Gasteiger partial charge in [0.2, 0.25) is 5.91 Å². The van der Waals surface area contributed by atoms with Gasteiger partial charge in [-0.1, -0.05) is 49.1 Å². The fourth-order valence-corrected chi connectivity index (χ4v) is 5.39. The highest BCUT2D eigenvalue weighted by atomic mass is 16.5. The molecule has 222 valence electrons. The number of hydrogen-bond donors (Lipinski definition) is 1. The van der Waals surface area contributed by atoms with Crippen LogP contribution in [0.4, 0.5) is 0 Å². The van der Waals surface area contributed by atoms with E-state index in [9.17, 15) is 9.59 Å². The van der Waals surface area contributed by atoms with Gasteiger partial charge in [-0.05, 0) is 72.8 Å². The second-order valence-electron chi connectivity index (χ2n) is 11.2. The summed E-state index contributed by atoms with van der Waals surface area (Å²) in [5.41, 5.74) is 5.09. The number of amides is 1. The molecule has 3 aliphatic heterocycles. The third-order valence-corrected chi connectivity index (χ3v) is 8.03. The summed E-state index contributed by atoms with van der Waals surface area (Å²) in [5, 5.41) is 10.9. The number of carboxylic acids is 1. The zero-order valence-electron chi connectivity index (χ0n) is 25.0. The van der Waals surface area contributed by atoms with Crippen molar-refractivity contribution in [3.63, 3.8) is 0 Å². The van der Waals surface area contributed by atoms with E-state index in [1.54, 1.807) is 11.2 Å². The summed E-state index contributed by atoms with van der Waals surface area (Å²) in [6, 6.07) is 6.30. The summed E-state index contributed by atoms with van der Waals surface area (Å²) in [4.78, 5) is 29.4. The number of aliphatic carboxylic acids is 1. The largest absolute Gasteiger partial charge is 0.481 e. The molecule has 3 aliphatic rings. The van der Waals surface area contributed by atoms with Crippen molar-refractivity contribution in [2.24, 2.45) is 0 Å². The lowest BCUT2D eigenvalue weighted by atomic mass is 9.98. The summed E-state index contributed by atoms with van der Waals surface area (Å²) in [6.45, 7) is 11.8. The molecule has 0 atom stereocenters. The maximum atomic E-state index is 12.4. The van der Waals surface area contributed by atoms with E-state index in [0.717, 1.165) is 64.7 Å². The Balaban J connectivity index is 1.69. The Kier molecular flexibility index (Phi) is 10.7. The molecule has 7 nitrogen and oxygen atoms in total. The number of allylic oxidation sites excluding steroid dienone is 7. The number of ether oxygens (including phenoxy) is 1. The topological polar surface area (TPSA) is 73.3 Å². The molecule has 1 aromatic rings. The number of benzene rings is 1. The average Bonchev–Trinajstić information content (AvgIpc) is 3.00. The number of carbonyl (C=O) groups excluding carboxylic acids is 1. The predicted octanol–water partition coefficient (Wildman–Crippen LogP) is 4.50. The summed E-state index contributed by atoms with van der Waals surface area (Å²) < 4.78 is 6.35. The van der Waals surface area contributed by atoms with Crippen LogP contribution in [0.3, 0.4) is 0 Å². The number of likely N-dealkylation sites (tertiary alicyclic amines) is 2. The molecule has 0 radical (unpaired) electrons. The van der Waals surface area contributed by atoms with Crippen LogP contribution in [-0.2, 0) is 9.59 Å². The molecule has 42 heavy (non-hydrogen) atoms. The fraction of sp³-hybridized carbons (Fsp3) is 0.371. The maximum Gasteiger partial charge on any atom is 0.303 e. The molecule has 7 heteroatoms. The van der Waals surface area contributed by atoms with Crippen molar-refractivity contribution in [1.29, 1.82) is 0 Å². The van der Waals surface area contributed by atoms with Crippen molar-refractivity contribution < 1.29 is 19.4 Å². The molecule has 4 rings (SSSR count). The zero-order chi connectivity index (χ0) is 30.1. The van der Waals surface area contributed by atoms with Crippen molar-refractivity contribution in [3.05, 3.63) is 101 Å². The smallest absolute Gasteiger partial charge is 0.303 e. The first-order valence-electron chi connectivity index (χ1n) is 14.8. The Bertz CT molecular complexity index is 1450. The van der Waals surface area contributed by atoms with E-state index in [0.29, 0.717) is 13.1 Å². The number of carboxylic acid groups (broad SMARTS) is 1. The highest BCUT2D eigenvalue weighted by Crippen LogP contribution is 2.21. The minimum atomic E-state index is -0.945. The van der Waals surface area contributed by atoms with E-state index < -0.39 is 5.97 Å². The molecule has 2 fully saturated rings. The molecule has 1 aromatic carbocycles. The number of likely N-dealkylation sites (N-methyl/N-ethyl adjacent to an activating group) is 1. The normalized spacial score (nSPS) is 21.5. The van der Waals surface area contributed by atoms with E-state index in [1.165, 1.54) is 24.8 Å². The molecule has 1 N–H and O–H groups in total. The Morgan fingerprint density at radius 2 is 1.74 bits per heavy atom. The third-order valence-electron chi connectivity index (χ3n) is 8.03. The van der Waals surface area contributed by atoms with Gasteiger partial charge in [0.05, 0.1) is 12.7 Å². The first-order chi connectivity index (χ1) is 20.2. The van der Waals surface area contributed by atoms with Crippen molar-refractivity contribution in [2.75, 3.05) is 40.3 Å². The van der Waals surface area contributed by atoms with E-state index in [2.05, 4.69) is 54.5 Å². The van der Waals surface area contributed by atoms with Gasteiger partial charge in [-0.3, -0.25) is 9.59 Å².